The van der Waals surface area contributed by atoms with Crippen molar-refractivity contribution in [1.82, 2.24) is 24.8 Å². The highest BCUT2D eigenvalue weighted by molar-refractivity contribution is 5.77. The monoisotopic (exact) mass is 398 g/mol. The van der Waals surface area contributed by atoms with E-state index in [4.69, 9.17) is 0 Å². The van der Waals surface area contributed by atoms with E-state index in [1.54, 1.807) is 6.33 Å². The second-order valence-corrected chi connectivity index (χ2v) is 7.89. The predicted molar refractivity (Wildman–Crippen MR) is 119 cm³/mol. The number of hydrogen-bond acceptors (Lipinski definition) is 5. The van der Waals surface area contributed by atoms with Crippen LogP contribution >= 0.6 is 0 Å². The number of fused-ring (bicyclic) bond motifs is 1. The van der Waals surface area contributed by atoms with Gasteiger partial charge in [0, 0.05) is 18.3 Å². The first-order chi connectivity index (χ1) is 14.8. The summed E-state index contributed by atoms with van der Waals surface area (Å²) in [5.74, 6) is 0.653. The molecule has 0 saturated carbocycles. The molecule has 0 aliphatic carbocycles. The van der Waals surface area contributed by atoms with Crippen LogP contribution in [-0.2, 0) is 6.42 Å². The van der Waals surface area contributed by atoms with Gasteiger partial charge in [0.25, 0.3) is 0 Å². The Bertz CT molecular complexity index is 1050. The molecule has 0 unspecified atom stereocenters. The number of hydrogen-bond donors (Lipinski definition) is 1. The molecule has 0 amide bonds. The summed E-state index contributed by atoms with van der Waals surface area (Å²) in [7, 11) is 0. The van der Waals surface area contributed by atoms with Crippen molar-refractivity contribution in [1.29, 1.82) is 0 Å². The van der Waals surface area contributed by atoms with E-state index < -0.39 is 0 Å². The second-order valence-electron chi connectivity index (χ2n) is 7.89. The van der Waals surface area contributed by atoms with Gasteiger partial charge in [0.05, 0.1) is 11.3 Å². The van der Waals surface area contributed by atoms with E-state index in [0.717, 1.165) is 35.5 Å². The third kappa shape index (κ3) is 4.19. The normalized spacial score (nSPS) is 14.8. The highest BCUT2D eigenvalue weighted by Gasteiger charge is 2.16. The first-order valence-electron chi connectivity index (χ1n) is 10.7. The topological polar surface area (TPSA) is 58.9 Å². The van der Waals surface area contributed by atoms with Crippen LogP contribution in [0.5, 0.6) is 0 Å². The van der Waals surface area contributed by atoms with Crippen LogP contribution in [0.1, 0.15) is 24.8 Å². The van der Waals surface area contributed by atoms with Crippen LogP contribution in [0.3, 0.4) is 0 Å². The average molecular weight is 399 g/mol. The lowest BCUT2D eigenvalue weighted by molar-refractivity contribution is 0.231. The zero-order valence-corrected chi connectivity index (χ0v) is 17.0. The first-order valence-corrected chi connectivity index (χ1v) is 10.7. The van der Waals surface area contributed by atoms with E-state index >= 15 is 0 Å². The highest BCUT2D eigenvalue weighted by atomic mass is 15.4. The van der Waals surface area contributed by atoms with E-state index in [0.29, 0.717) is 5.82 Å². The number of likely N-dealkylation sites (tertiary alicyclic amines) is 1. The largest absolute Gasteiger partial charge is 0.303 e. The summed E-state index contributed by atoms with van der Waals surface area (Å²) in [6, 6.07) is 18.8. The molecule has 2 aromatic rings. The standard InChI is InChI=1S/C24H26N6/c1-3-7-20(8-4-1)23-22-17-30(18-25-24(22)27-26-23)28-21-11-9-19(10-12-21)13-16-29-14-5-2-6-15-29/h1,3-4,7-12,17-18,28H,2,5-6,13-16H2. The van der Waals surface area contributed by atoms with Gasteiger partial charge in [-0.1, -0.05) is 48.9 Å². The molecule has 6 nitrogen and oxygen atoms in total. The number of aromatic nitrogens is 4. The maximum atomic E-state index is 4.44. The summed E-state index contributed by atoms with van der Waals surface area (Å²) >= 11 is 0. The predicted octanol–water partition coefficient (Wildman–Crippen LogP) is 4.35. The zero-order valence-electron chi connectivity index (χ0n) is 17.0. The fraction of sp³-hybridized carbons (Fsp3) is 0.292. The smallest absolute Gasteiger partial charge is 0.187 e. The SMILES string of the molecule is c1ccc(-c2nnc3ncn(Nc4ccc(CCN5CCCCC5)cc4)cc2-3)cc1. The van der Waals surface area contributed by atoms with E-state index in [-0.39, 0.29) is 0 Å². The van der Waals surface area contributed by atoms with Crippen molar-refractivity contribution in [3.05, 3.63) is 72.7 Å². The minimum atomic E-state index is 0.653. The summed E-state index contributed by atoms with van der Waals surface area (Å²) in [4.78, 5) is 7.03. The van der Waals surface area contributed by atoms with Gasteiger partial charge in [-0.05, 0) is 50.0 Å². The maximum absolute atomic E-state index is 4.44. The van der Waals surface area contributed by atoms with Crippen LogP contribution in [-0.4, -0.2) is 44.4 Å². The summed E-state index contributed by atoms with van der Waals surface area (Å²) in [5.41, 5.74) is 8.60. The second kappa shape index (κ2) is 8.63. The van der Waals surface area contributed by atoms with Crippen LogP contribution in [0.15, 0.2) is 67.1 Å². The van der Waals surface area contributed by atoms with E-state index in [1.165, 1.54) is 37.9 Å². The lowest BCUT2D eigenvalue weighted by Gasteiger charge is -2.26. The van der Waals surface area contributed by atoms with Crippen molar-refractivity contribution in [2.75, 3.05) is 25.1 Å². The molecule has 2 aromatic carbocycles. The summed E-state index contributed by atoms with van der Waals surface area (Å²) in [6.45, 7) is 3.66. The van der Waals surface area contributed by atoms with Gasteiger partial charge in [-0.2, -0.15) is 0 Å². The number of nitrogens with zero attached hydrogens (tertiary/aromatic N) is 5. The minimum Gasteiger partial charge on any atom is -0.303 e. The molecule has 0 bridgehead atoms. The molecule has 6 heteroatoms. The summed E-state index contributed by atoms with van der Waals surface area (Å²) < 4.78 is 1.86. The molecular weight excluding hydrogens is 372 g/mol. The Labute approximate surface area is 176 Å². The van der Waals surface area contributed by atoms with Crippen LogP contribution < -0.4 is 5.43 Å². The Balaban J connectivity index is 1.28. The molecule has 3 heterocycles. The molecule has 1 fully saturated rings. The summed E-state index contributed by atoms with van der Waals surface area (Å²) in [6.07, 6.45) is 8.91. The van der Waals surface area contributed by atoms with Crippen molar-refractivity contribution in [3.8, 4) is 22.6 Å². The van der Waals surface area contributed by atoms with Gasteiger partial charge in [-0.3, -0.25) is 10.1 Å². The van der Waals surface area contributed by atoms with E-state index in [1.807, 2.05) is 41.2 Å². The first kappa shape index (κ1) is 18.8. The Kier molecular flexibility index (Phi) is 5.40. The lowest BCUT2D eigenvalue weighted by atomic mass is 10.1. The number of rotatable bonds is 6. The fourth-order valence-corrected chi connectivity index (χ4v) is 4.05. The van der Waals surface area contributed by atoms with Gasteiger partial charge < -0.3 is 4.90 Å². The Morgan fingerprint density at radius 2 is 1.67 bits per heavy atom. The molecule has 0 aromatic heterocycles. The molecular formula is C24H26N6. The molecule has 1 N–H and O–H groups in total. The third-order valence-electron chi connectivity index (χ3n) is 5.74. The zero-order chi connectivity index (χ0) is 20.2. The molecule has 30 heavy (non-hydrogen) atoms. The summed E-state index contributed by atoms with van der Waals surface area (Å²) in [5, 5.41) is 8.53. The molecule has 5 rings (SSSR count). The molecule has 0 atom stereocenters. The highest BCUT2D eigenvalue weighted by Crippen LogP contribution is 2.29. The average Bonchev–Trinajstić information content (AvgIpc) is 3.23. The van der Waals surface area contributed by atoms with Crippen molar-refractivity contribution in [2.45, 2.75) is 25.7 Å². The lowest BCUT2D eigenvalue weighted by Crippen LogP contribution is -2.31. The van der Waals surface area contributed by atoms with Crippen molar-refractivity contribution in [2.24, 2.45) is 0 Å². The fourth-order valence-electron chi connectivity index (χ4n) is 4.05. The van der Waals surface area contributed by atoms with Crippen molar-refractivity contribution >= 4 is 5.69 Å². The van der Waals surface area contributed by atoms with E-state index in [9.17, 15) is 0 Å². The number of nitrogens with one attached hydrogen (secondary N) is 1. The van der Waals surface area contributed by atoms with Crippen LogP contribution in [0.4, 0.5) is 5.69 Å². The molecule has 0 spiro atoms. The van der Waals surface area contributed by atoms with Gasteiger partial charge in [0.15, 0.2) is 5.82 Å². The van der Waals surface area contributed by atoms with Crippen LogP contribution in [0.2, 0.25) is 0 Å². The van der Waals surface area contributed by atoms with Gasteiger partial charge in [0.1, 0.15) is 12.0 Å². The van der Waals surface area contributed by atoms with Crippen molar-refractivity contribution < 1.29 is 0 Å². The minimum absolute atomic E-state index is 0.653. The van der Waals surface area contributed by atoms with Gasteiger partial charge >= 0.3 is 0 Å². The van der Waals surface area contributed by atoms with Gasteiger partial charge in [-0.25, -0.2) is 4.98 Å². The molecule has 3 aliphatic rings. The molecule has 0 radical (unpaired) electrons. The molecule has 3 aliphatic heterocycles. The van der Waals surface area contributed by atoms with Gasteiger partial charge in [0.2, 0.25) is 0 Å². The van der Waals surface area contributed by atoms with E-state index in [2.05, 4.69) is 49.8 Å². The Hall–Kier alpha value is -3.25. The quantitative estimate of drug-likeness (QED) is 0.523. The maximum Gasteiger partial charge on any atom is 0.187 e. The van der Waals surface area contributed by atoms with Crippen LogP contribution in [0.25, 0.3) is 22.6 Å². The molecule has 1 saturated heterocycles. The Morgan fingerprint density at radius 1 is 0.867 bits per heavy atom. The number of anilines is 1. The third-order valence-corrected chi connectivity index (χ3v) is 5.74. The van der Waals surface area contributed by atoms with Crippen LogP contribution in [0, 0.1) is 0 Å². The number of piperidine rings is 1. The molecule has 152 valence electrons. The Morgan fingerprint density at radius 3 is 2.47 bits per heavy atom. The number of benzene rings is 2. The van der Waals surface area contributed by atoms with Gasteiger partial charge in [-0.15, -0.1) is 10.2 Å². The van der Waals surface area contributed by atoms with Crippen molar-refractivity contribution in [3.63, 3.8) is 0 Å².